The van der Waals surface area contributed by atoms with Gasteiger partial charge in [-0.2, -0.15) is 5.26 Å². The number of Topliss-reactive ketones (excluding diaryl/α,β-unsaturated/α-hetero) is 1. The standard InChI is InChI=1S/C17H11ClN2O5/c1-25-15-8-10(7-14(17(15)22)20(23)24)6-12(9-19)16(21)11-2-4-13(18)5-3-11/h2-8,22H,1H3/b12-6+. The van der Waals surface area contributed by atoms with Crippen LogP contribution < -0.4 is 4.74 Å². The molecule has 2 aromatic rings. The fraction of sp³-hybridized carbons (Fsp3) is 0.0588. The highest BCUT2D eigenvalue weighted by molar-refractivity contribution is 6.30. The van der Waals surface area contributed by atoms with Crippen LogP contribution in [-0.2, 0) is 0 Å². The molecule has 0 unspecified atom stereocenters. The Balaban J connectivity index is 2.51. The predicted molar refractivity (Wildman–Crippen MR) is 90.7 cm³/mol. The number of hydrogen-bond donors (Lipinski definition) is 1. The molecule has 0 radical (unpaired) electrons. The highest BCUT2D eigenvalue weighted by Crippen LogP contribution is 2.37. The van der Waals surface area contributed by atoms with Crippen molar-refractivity contribution in [2.24, 2.45) is 0 Å². The first-order chi connectivity index (χ1) is 11.9. The van der Waals surface area contributed by atoms with Crippen molar-refractivity contribution in [2.45, 2.75) is 0 Å². The second-order valence-electron chi connectivity index (χ2n) is 4.85. The molecule has 0 aliphatic heterocycles. The van der Waals surface area contributed by atoms with Gasteiger partial charge in [-0.25, -0.2) is 0 Å². The number of nitro benzene ring substituents is 1. The van der Waals surface area contributed by atoms with Crippen molar-refractivity contribution in [2.75, 3.05) is 7.11 Å². The molecule has 0 spiro atoms. The van der Waals surface area contributed by atoms with E-state index in [0.717, 1.165) is 6.07 Å². The van der Waals surface area contributed by atoms with Crippen LogP contribution in [0.5, 0.6) is 11.5 Å². The summed E-state index contributed by atoms with van der Waals surface area (Å²) in [5, 5.41) is 30.5. The van der Waals surface area contributed by atoms with E-state index in [9.17, 15) is 25.3 Å². The van der Waals surface area contributed by atoms with Crippen LogP contribution >= 0.6 is 11.6 Å². The first kappa shape index (κ1) is 18.0. The molecule has 25 heavy (non-hydrogen) atoms. The molecule has 7 nitrogen and oxygen atoms in total. The minimum Gasteiger partial charge on any atom is -0.500 e. The number of rotatable bonds is 5. The van der Waals surface area contributed by atoms with Gasteiger partial charge in [0.1, 0.15) is 11.6 Å². The Morgan fingerprint density at radius 3 is 2.52 bits per heavy atom. The maximum atomic E-state index is 12.4. The van der Waals surface area contributed by atoms with E-state index in [1.165, 1.54) is 43.5 Å². The molecule has 0 aliphatic carbocycles. The Bertz CT molecular complexity index is 914. The summed E-state index contributed by atoms with van der Waals surface area (Å²) in [6, 6.07) is 10.1. The third-order valence-electron chi connectivity index (χ3n) is 3.28. The molecule has 0 aromatic heterocycles. The Kier molecular flexibility index (Phi) is 5.37. The van der Waals surface area contributed by atoms with Crippen molar-refractivity contribution in [3.05, 3.63) is 68.2 Å². The zero-order chi connectivity index (χ0) is 18.6. The van der Waals surface area contributed by atoms with Crippen LogP contribution in [0.25, 0.3) is 6.08 Å². The average Bonchev–Trinajstić information content (AvgIpc) is 2.60. The summed E-state index contributed by atoms with van der Waals surface area (Å²) >= 11 is 5.76. The minimum absolute atomic E-state index is 0.142. The number of allylic oxidation sites excluding steroid dienone is 1. The zero-order valence-corrected chi connectivity index (χ0v) is 13.6. The van der Waals surface area contributed by atoms with Crippen LogP contribution in [-0.4, -0.2) is 22.9 Å². The largest absolute Gasteiger partial charge is 0.500 e. The van der Waals surface area contributed by atoms with Gasteiger partial charge < -0.3 is 9.84 Å². The summed E-state index contributed by atoms with van der Waals surface area (Å²) < 4.78 is 4.88. The molecule has 0 saturated heterocycles. The van der Waals surface area contributed by atoms with Crippen LogP contribution in [0.4, 0.5) is 5.69 Å². The SMILES string of the molecule is COc1cc(/C=C(\C#N)C(=O)c2ccc(Cl)cc2)cc([N+](=O)[O-])c1O. The molecular weight excluding hydrogens is 348 g/mol. The van der Waals surface area contributed by atoms with Gasteiger partial charge in [0.25, 0.3) is 0 Å². The number of nitrogens with zero attached hydrogens (tertiary/aromatic N) is 2. The molecule has 0 heterocycles. The number of benzene rings is 2. The molecule has 126 valence electrons. The van der Waals surface area contributed by atoms with Gasteiger partial charge in [-0.05, 0) is 42.0 Å². The van der Waals surface area contributed by atoms with E-state index in [1.807, 2.05) is 0 Å². The van der Waals surface area contributed by atoms with Crippen LogP contribution in [0.1, 0.15) is 15.9 Å². The summed E-state index contributed by atoms with van der Waals surface area (Å²) in [4.78, 5) is 22.6. The van der Waals surface area contributed by atoms with Gasteiger partial charge in [0.2, 0.25) is 11.5 Å². The molecule has 1 N–H and O–H groups in total. The molecular formula is C17H11ClN2O5. The van der Waals surface area contributed by atoms with E-state index in [2.05, 4.69) is 0 Å². The van der Waals surface area contributed by atoms with Crippen molar-refractivity contribution in [3.8, 4) is 17.6 Å². The number of halogens is 1. The zero-order valence-electron chi connectivity index (χ0n) is 12.9. The van der Waals surface area contributed by atoms with Gasteiger partial charge in [0.15, 0.2) is 5.75 Å². The normalized spacial score (nSPS) is 10.8. The fourth-order valence-electron chi connectivity index (χ4n) is 2.06. The lowest BCUT2D eigenvalue weighted by atomic mass is 10.0. The van der Waals surface area contributed by atoms with Crippen molar-refractivity contribution in [3.63, 3.8) is 0 Å². The molecule has 0 atom stereocenters. The summed E-state index contributed by atoms with van der Waals surface area (Å²) in [5.74, 6) is -1.34. The van der Waals surface area contributed by atoms with E-state index in [-0.39, 0.29) is 22.4 Å². The number of methoxy groups -OCH3 is 1. The molecule has 0 saturated carbocycles. The number of phenols is 1. The number of ketones is 1. The number of nitro groups is 1. The second kappa shape index (κ2) is 7.47. The lowest BCUT2D eigenvalue weighted by Crippen LogP contribution is -2.02. The number of aromatic hydroxyl groups is 1. The van der Waals surface area contributed by atoms with Crippen LogP contribution in [0.3, 0.4) is 0 Å². The number of phenolic OH excluding ortho intramolecular Hbond substituents is 1. The molecule has 2 rings (SSSR count). The van der Waals surface area contributed by atoms with Crippen LogP contribution in [0.15, 0.2) is 42.0 Å². The topological polar surface area (TPSA) is 113 Å². The number of nitriles is 1. The number of carbonyl (C=O) groups is 1. The molecule has 0 amide bonds. The van der Waals surface area contributed by atoms with Crippen molar-refractivity contribution < 1.29 is 19.6 Å². The van der Waals surface area contributed by atoms with Gasteiger partial charge in [-0.15, -0.1) is 0 Å². The van der Waals surface area contributed by atoms with E-state index in [0.29, 0.717) is 5.02 Å². The average molecular weight is 359 g/mol. The third kappa shape index (κ3) is 3.94. The maximum Gasteiger partial charge on any atom is 0.315 e. The Morgan fingerprint density at radius 2 is 2.00 bits per heavy atom. The molecule has 0 fully saturated rings. The quantitative estimate of drug-likeness (QED) is 0.286. The predicted octanol–water partition coefficient (Wildman–Crippen LogP) is 3.75. The summed E-state index contributed by atoms with van der Waals surface area (Å²) in [6.45, 7) is 0. The van der Waals surface area contributed by atoms with Crippen molar-refractivity contribution in [1.29, 1.82) is 5.26 Å². The lowest BCUT2D eigenvalue weighted by Gasteiger charge is -2.06. The van der Waals surface area contributed by atoms with E-state index in [4.69, 9.17) is 16.3 Å². The molecule has 8 heteroatoms. The van der Waals surface area contributed by atoms with Crippen LogP contribution in [0.2, 0.25) is 5.02 Å². The summed E-state index contributed by atoms with van der Waals surface area (Å²) in [7, 11) is 1.23. The number of hydrogen-bond acceptors (Lipinski definition) is 6. The first-order valence-corrected chi connectivity index (χ1v) is 7.22. The molecule has 2 aromatic carbocycles. The summed E-state index contributed by atoms with van der Waals surface area (Å²) in [5.41, 5.74) is -0.413. The van der Waals surface area contributed by atoms with Crippen molar-refractivity contribution >= 4 is 29.1 Å². The van der Waals surface area contributed by atoms with E-state index >= 15 is 0 Å². The van der Waals surface area contributed by atoms with E-state index < -0.39 is 22.1 Å². The number of carbonyl (C=O) groups excluding carboxylic acids is 1. The summed E-state index contributed by atoms with van der Waals surface area (Å²) in [6.07, 6.45) is 1.19. The third-order valence-corrected chi connectivity index (χ3v) is 3.53. The monoisotopic (exact) mass is 358 g/mol. The highest BCUT2D eigenvalue weighted by atomic mass is 35.5. The number of ether oxygens (including phenoxy) is 1. The van der Waals surface area contributed by atoms with Crippen LogP contribution in [0, 0.1) is 21.4 Å². The van der Waals surface area contributed by atoms with Gasteiger partial charge in [0.05, 0.1) is 12.0 Å². The first-order valence-electron chi connectivity index (χ1n) is 6.84. The Hall–Kier alpha value is -3.37. The smallest absolute Gasteiger partial charge is 0.315 e. The Morgan fingerprint density at radius 1 is 1.36 bits per heavy atom. The fourth-order valence-corrected chi connectivity index (χ4v) is 2.19. The van der Waals surface area contributed by atoms with Gasteiger partial charge in [-0.1, -0.05) is 11.6 Å². The van der Waals surface area contributed by atoms with Crippen molar-refractivity contribution in [1.82, 2.24) is 0 Å². The van der Waals surface area contributed by atoms with Gasteiger partial charge in [0, 0.05) is 16.7 Å². The molecule has 0 bridgehead atoms. The lowest BCUT2D eigenvalue weighted by molar-refractivity contribution is -0.386. The van der Waals surface area contributed by atoms with Gasteiger partial charge >= 0.3 is 5.69 Å². The van der Waals surface area contributed by atoms with E-state index in [1.54, 1.807) is 6.07 Å². The molecule has 0 aliphatic rings. The maximum absolute atomic E-state index is 12.4. The van der Waals surface area contributed by atoms with Gasteiger partial charge in [-0.3, -0.25) is 14.9 Å². The minimum atomic E-state index is -0.789. The Labute approximate surface area is 147 Å². The highest BCUT2D eigenvalue weighted by Gasteiger charge is 2.20. The second-order valence-corrected chi connectivity index (χ2v) is 5.29.